The number of nitrogens with zero attached hydrogens (tertiary/aromatic N) is 3. The molecule has 1 aliphatic heterocycles. The van der Waals surface area contributed by atoms with Gasteiger partial charge in [0.1, 0.15) is 6.54 Å². The molecule has 6 nitrogen and oxygen atoms in total. The van der Waals surface area contributed by atoms with E-state index < -0.39 is 0 Å². The molecule has 1 rings (SSSR count). The molecule has 0 spiro atoms. The first kappa shape index (κ1) is 20.7. The van der Waals surface area contributed by atoms with Crippen LogP contribution in [-0.4, -0.2) is 74.0 Å². The first-order chi connectivity index (χ1) is 11.5. The number of amides is 1. The normalized spacial score (nSPS) is 18.3. The number of likely N-dealkylation sites (N-methyl/N-ethyl adjacent to an activating group) is 1. The number of carbonyl (C=O) groups is 1. The van der Waals surface area contributed by atoms with Crippen molar-refractivity contribution in [1.29, 1.82) is 0 Å². The second kappa shape index (κ2) is 11.3. The molecule has 1 unspecified atom stereocenters. The van der Waals surface area contributed by atoms with Crippen molar-refractivity contribution in [3.63, 3.8) is 0 Å². The van der Waals surface area contributed by atoms with Crippen molar-refractivity contribution in [2.24, 2.45) is 4.99 Å². The molecule has 0 aromatic heterocycles. The van der Waals surface area contributed by atoms with Crippen molar-refractivity contribution in [3.05, 3.63) is 0 Å². The summed E-state index contributed by atoms with van der Waals surface area (Å²) in [5.41, 5.74) is 0. The van der Waals surface area contributed by atoms with Crippen LogP contribution in [0.3, 0.4) is 0 Å². The summed E-state index contributed by atoms with van der Waals surface area (Å²) in [5.74, 6) is 0.793. The number of unbranched alkanes of at least 4 members (excludes halogenated alkanes) is 1. The van der Waals surface area contributed by atoms with Gasteiger partial charge < -0.3 is 20.4 Å². The van der Waals surface area contributed by atoms with E-state index in [4.69, 9.17) is 0 Å². The maximum Gasteiger partial charge on any atom is 0.243 e. The molecule has 1 aliphatic rings. The topological polar surface area (TPSA) is 60.0 Å². The Kier molecular flexibility index (Phi) is 9.76. The number of carbonyl (C=O) groups excluding carboxylic acids is 1. The van der Waals surface area contributed by atoms with Gasteiger partial charge in [-0.05, 0) is 39.2 Å². The van der Waals surface area contributed by atoms with Gasteiger partial charge in [-0.25, -0.2) is 4.99 Å². The minimum Gasteiger partial charge on any atom is -0.354 e. The van der Waals surface area contributed by atoms with E-state index in [0.29, 0.717) is 12.1 Å². The number of nitrogens with one attached hydrogen (secondary N) is 2. The van der Waals surface area contributed by atoms with Gasteiger partial charge in [-0.1, -0.05) is 20.3 Å². The molecular weight excluding hydrogens is 302 g/mol. The van der Waals surface area contributed by atoms with Gasteiger partial charge in [-0.15, -0.1) is 0 Å². The fraction of sp³-hybridized carbons (Fsp3) is 0.889. The summed E-state index contributed by atoms with van der Waals surface area (Å²) in [5, 5.41) is 6.94. The molecule has 1 fully saturated rings. The average Bonchev–Trinajstić information content (AvgIpc) is 2.58. The van der Waals surface area contributed by atoms with E-state index in [9.17, 15) is 4.79 Å². The minimum atomic E-state index is 0.0228. The maximum atomic E-state index is 11.8. The van der Waals surface area contributed by atoms with Crippen LogP contribution in [0.5, 0.6) is 0 Å². The largest absolute Gasteiger partial charge is 0.354 e. The highest BCUT2D eigenvalue weighted by Crippen LogP contribution is 2.11. The summed E-state index contributed by atoms with van der Waals surface area (Å²) in [6, 6.07) is 0.781. The van der Waals surface area contributed by atoms with Crippen molar-refractivity contribution in [2.75, 3.05) is 40.3 Å². The van der Waals surface area contributed by atoms with E-state index in [1.165, 1.54) is 19.4 Å². The second-order valence-electron chi connectivity index (χ2n) is 7.02. The van der Waals surface area contributed by atoms with Crippen molar-refractivity contribution < 1.29 is 4.79 Å². The summed E-state index contributed by atoms with van der Waals surface area (Å²) in [4.78, 5) is 20.4. The van der Waals surface area contributed by atoms with E-state index >= 15 is 0 Å². The molecule has 0 radical (unpaired) electrons. The summed E-state index contributed by atoms with van der Waals surface area (Å²) in [6.45, 7) is 10.2. The summed E-state index contributed by atoms with van der Waals surface area (Å²) < 4.78 is 0. The fourth-order valence-electron chi connectivity index (χ4n) is 2.63. The zero-order chi connectivity index (χ0) is 17.9. The Bertz CT molecular complexity index is 389. The molecule has 140 valence electrons. The zero-order valence-electron chi connectivity index (χ0n) is 16.3. The molecule has 0 aromatic carbocycles. The molecule has 0 saturated carbocycles. The molecule has 1 amide bonds. The lowest BCUT2D eigenvalue weighted by Crippen LogP contribution is -2.50. The van der Waals surface area contributed by atoms with Gasteiger partial charge in [0, 0.05) is 39.3 Å². The second-order valence-corrected chi connectivity index (χ2v) is 7.02. The van der Waals surface area contributed by atoms with Gasteiger partial charge in [-0.3, -0.25) is 4.79 Å². The third kappa shape index (κ3) is 7.99. The third-order valence-electron chi connectivity index (χ3n) is 4.62. The lowest BCUT2D eigenvalue weighted by molar-refractivity contribution is -0.127. The molecule has 1 heterocycles. The molecule has 2 N–H and O–H groups in total. The average molecular weight is 340 g/mol. The van der Waals surface area contributed by atoms with Gasteiger partial charge in [-0.2, -0.15) is 0 Å². The van der Waals surface area contributed by atoms with Crippen molar-refractivity contribution in [3.8, 4) is 0 Å². The van der Waals surface area contributed by atoms with Crippen molar-refractivity contribution >= 4 is 11.9 Å². The van der Waals surface area contributed by atoms with Gasteiger partial charge in [0.15, 0.2) is 5.96 Å². The molecular formula is C18H37N5O. The number of piperidine rings is 1. The monoisotopic (exact) mass is 339 g/mol. The Labute approximate surface area is 148 Å². The van der Waals surface area contributed by atoms with Crippen LogP contribution < -0.4 is 10.6 Å². The zero-order valence-corrected chi connectivity index (χ0v) is 16.3. The molecule has 6 heteroatoms. The Balaban J connectivity index is 2.52. The first-order valence-corrected chi connectivity index (χ1v) is 9.46. The van der Waals surface area contributed by atoms with Crippen LogP contribution >= 0.6 is 0 Å². The standard InChI is InChI=1S/C18H37N5O/c1-6-8-11-23-12-9-16(10-13-23)21-18(20-15(3)7-2)19-14-17(24)22(4)5/h15-16H,6-14H2,1-5H3,(H2,19,20,21). The maximum absolute atomic E-state index is 11.8. The van der Waals surface area contributed by atoms with Crippen molar-refractivity contribution in [2.45, 2.75) is 65.0 Å². The predicted octanol–water partition coefficient (Wildman–Crippen LogP) is 1.67. The van der Waals surface area contributed by atoms with Crippen LogP contribution in [0.4, 0.5) is 0 Å². The van der Waals surface area contributed by atoms with Crippen molar-refractivity contribution in [1.82, 2.24) is 20.4 Å². The number of rotatable bonds is 8. The molecule has 24 heavy (non-hydrogen) atoms. The fourth-order valence-corrected chi connectivity index (χ4v) is 2.63. The predicted molar refractivity (Wildman–Crippen MR) is 101 cm³/mol. The number of aliphatic imine (C=N–C) groups is 1. The Morgan fingerprint density at radius 3 is 2.50 bits per heavy atom. The highest BCUT2D eigenvalue weighted by molar-refractivity contribution is 5.85. The van der Waals surface area contributed by atoms with E-state index in [1.807, 2.05) is 0 Å². The van der Waals surface area contributed by atoms with Crippen LogP contribution in [0, 0.1) is 0 Å². The van der Waals surface area contributed by atoms with Gasteiger partial charge >= 0.3 is 0 Å². The highest BCUT2D eigenvalue weighted by Gasteiger charge is 2.20. The molecule has 1 saturated heterocycles. The van der Waals surface area contributed by atoms with E-state index in [2.05, 4.69) is 41.3 Å². The van der Waals surface area contributed by atoms with Gasteiger partial charge in [0.2, 0.25) is 5.91 Å². The van der Waals surface area contributed by atoms with Crippen LogP contribution in [0.1, 0.15) is 52.9 Å². The van der Waals surface area contributed by atoms with Gasteiger partial charge in [0.25, 0.3) is 0 Å². The first-order valence-electron chi connectivity index (χ1n) is 9.46. The van der Waals surface area contributed by atoms with Crippen LogP contribution in [0.2, 0.25) is 0 Å². The quantitative estimate of drug-likeness (QED) is 0.522. The molecule has 0 bridgehead atoms. The Hall–Kier alpha value is -1.30. The summed E-state index contributed by atoms with van der Waals surface area (Å²) in [6.07, 6.45) is 5.83. The SMILES string of the molecule is CCCCN1CCC(NC(=NCC(=O)N(C)C)NC(C)CC)CC1. The smallest absolute Gasteiger partial charge is 0.243 e. The van der Waals surface area contributed by atoms with E-state index in [-0.39, 0.29) is 12.5 Å². The minimum absolute atomic E-state index is 0.0228. The van der Waals surface area contributed by atoms with Crippen LogP contribution in [0.25, 0.3) is 0 Å². The number of hydrogen-bond donors (Lipinski definition) is 2. The lowest BCUT2D eigenvalue weighted by Gasteiger charge is -2.33. The third-order valence-corrected chi connectivity index (χ3v) is 4.62. The Morgan fingerprint density at radius 2 is 1.96 bits per heavy atom. The van der Waals surface area contributed by atoms with Crippen LogP contribution in [0.15, 0.2) is 4.99 Å². The molecule has 0 aliphatic carbocycles. The Morgan fingerprint density at radius 1 is 1.29 bits per heavy atom. The van der Waals surface area contributed by atoms with E-state index in [1.54, 1.807) is 19.0 Å². The molecule has 0 aromatic rings. The number of guanidine groups is 1. The lowest BCUT2D eigenvalue weighted by atomic mass is 10.0. The highest BCUT2D eigenvalue weighted by atomic mass is 16.2. The van der Waals surface area contributed by atoms with E-state index in [0.717, 1.165) is 38.3 Å². The number of likely N-dealkylation sites (tertiary alicyclic amines) is 1. The molecule has 1 atom stereocenters. The number of hydrogen-bond acceptors (Lipinski definition) is 3. The van der Waals surface area contributed by atoms with Crippen LogP contribution in [-0.2, 0) is 4.79 Å². The summed E-state index contributed by atoms with van der Waals surface area (Å²) in [7, 11) is 3.53. The summed E-state index contributed by atoms with van der Waals surface area (Å²) >= 11 is 0. The van der Waals surface area contributed by atoms with Gasteiger partial charge in [0.05, 0.1) is 0 Å².